The van der Waals surface area contributed by atoms with Crippen LogP contribution < -0.4 is 5.73 Å². The number of imidazole rings is 1. The third-order valence-electron chi connectivity index (χ3n) is 3.15. The predicted molar refractivity (Wildman–Crippen MR) is 62.0 cm³/mol. The van der Waals surface area contributed by atoms with Crippen LogP contribution in [0.5, 0.6) is 0 Å². The topological polar surface area (TPSA) is 84.2 Å². The second-order valence-electron chi connectivity index (χ2n) is 4.43. The Morgan fingerprint density at radius 1 is 1.71 bits per heavy atom. The molecule has 0 radical (unpaired) electrons. The fourth-order valence-electron chi connectivity index (χ4n) is 2.37. The Morgan fingerprint density at radius 3 is 3.12 bits per heavy atom. The molecule has 94 valence electrons. The number of aromatic nitrogens is 2. The Bertz CT molecular complexity index is 366. The summed E-state index contributed by atoms with van der Waals surface area (Å²) < 4.78 is 5.39. The van der Waals surface area contributed by atoms with Crippen LogP contribution in [0.4, 0.5) is 0 Å². The Hall–Kier alpha value is -1.40. The van der Waals surface area contributed by atoms with Gasteiger partial charge in [0.05, 0.1) is 12.6 Å². The molecule has 2 atom stereocenters. The molecule has 1 aliphatic rings. The highest BCUT2D eigenvalue weighted by Gasteiger charge is 2.33. The number of hydrogen-bond acceptors (Lipinski definition) is 4. The van der Waals surface area contributed by atoms with Gasteiger partial charge in [0.15, 0.2) is 0 Å². The third kappa shape index (κ3) is 3.04. The monoisotopic (exact) mass is 238 g/mol. The normalized spacial score (nSPS) is 25.2. The molecule has 0 aromatic carbocycles. The molecule has 1 fully saturated rings. The first-order valence-electron chi connectivity index (χ1n) is 5.70. The van der Waals surface area contributed by atoms with Crippen molar-refractivity contribution < 1.29 is 9.53 Å². The van der Waals surface area contributed by atoms with Gasteiger partial charge in [-0.2, -0.15) is 0 Å². The van der Waals surface area contributed by atoms with Gasteiger partial charge in [0.25, 0.3) is 0 Å². The zero-order valence-electron chi connectivity index (χ0n) is 9.93. The second-order valence-corrected chi connectivity index (χ2v) is 4.43. The van der Waals surface area contributed by atoms with Crippen LogP contribution in [0.15, 0.2) is 12.4 Å². The van der Waals surface area contributed by atoms with E-state index in [9.17, 15) is 4.79 Å². The van der Waals surface area contributed by atoms with Crippen LogP contribution in [0.25, 0.3) is 0 Å². The standard InChI is InChI=1S/C11H18N4O2/c1-17-9-6-15(5-8(9)4-10(12)16)7-11-13-2-3-14-11/h2-3,8-9H,4-7H2,1H3,(H2,12,16)(H,13,14)/t8-,9+/m1/s1. The fraction of sp³-hybridized carbons (Fsp3) is 0.636. The van der Waals surface area contributed by atoms with Crippen molar-refractivity contribution in [3.8, 4) is 0 Å². The van der Waals surface area contributed by atoms with Crippen LogP contribution in [-0.2, 0) is 16.1 Å². The summed E-state index contributed by atoms with van der Waals surface area (Å²) in [5, 5.41) is 0. The van der Waals surface area contributed by atoms with Crippen LogP contribution >= 0.6 is 0 Å². The summed E-state index contributed by atoms with van der Waals surface area (Å²) >= 11 is 0. The lowest BCUT2D eigenvalue weighted by Gasteiger charge is -2.14. The summed E-state index contributed by atoms with van der Waals surface area (Å²) in [6.07, 6.45) is 4.00. The molecular formula is C11H18N4O2. The van der Waals surface area contributed by atoms with E-state index in [0.29, 0.717) is 6.42 Å². The van der Waals surface area contributed by atoms with Crippen LogP contribution in [0.2, 0.25) is 0 Å². The minimum absolute atomic E-state index is 0.0810. The van der Waals surface area contributed by atoms with E-state index in [2.05, 4.69) is 14.9 Å². The van der Waals surface area contributed by atoms with Gasteiger partial charge in [-0.3, -0.25) is 9.69 Å². The smallest absolute Gasteiger partial charge is 0.217 e. The summed E-state index contributed by atoms with van der Waals surface area (Å²) in [5.74, 6) is 0.851. The molecule has 0 bridgehead atoms. The lowest BCUT2D eigenvalue weighted by Crippen LogP contribution is -2.26. The number of hydrogen-bond donors (Lipinski definition) is 2. The van der Waals surface area contributed by atoms with Crippen LogP contribution in [0.3, 0.4) is 0 Å². The SMILES string of the molecule is CO[C@H]1CN(Cc2ncc[nH]2)C[C@H]1CC(N)=O. The maximum Gasteiger partial charge on any atom is 0.217 e. The summed E-state index contributed by atoms with van der Waals surface area (Å²) in [7, 11) is 1.68. The van der Waals surface area contributed by atoms with Crippen molar-refractivity contribution >= 4 is 5.91 Å². The number of nitrogens with one attached hydrogen (secondary N) is 1. The first kappa shape index (κ1) is 12.1. The quantitative estimate of drug-likeness (QED) is 0.739. The van der Waals surface area contributed by atoms with Crippen molar-refractivity contribution in [1.82, 2.24) is 14.9 Å². The Balaban J connectivity index is 1.92. The van der Waals surface area contributed by atoms with Gasteiger partial charge < -0.3 is 15.5 Å². The number of amides is 1. The highest BCUT2D eigenvalue weighted by atomic mass is 16.5. The maximum atomic E-state index is 11.0. The summed E-state index contributed by atoms with van der Waals surface area (Å²) in [6, 6.07) is 0. The zero-order valence-corrected chi connectivity index (χ0v) is 9.93. The van der Waals surface area contributed by atoms with E-state index in [1.54, 1.807) is 19.5 Å². The molecule has 1 saturated heterocycles. The predicted octanol–water partition coefficient (Wildman–Crippen LogP) is -0.268. The Kier molecular flexibility index (Phi) is 3.75. The number of H-pyrrole nitrogens is 1. The zero-order chi connectivity index (χ0) is 12.3. The van der Waals surface area contributed by atoms with Gasteiger partial charge in [0, 0.05) is 44.9 Å². The van der Waals surface area contributed by atoms with E-state index >= 15 is 0 Å². The Morgan fingerprint density at radius 2 is 2.53 bits per heavy atom. The molecule has 0 aliphatic carbocycles. The van der Waals surface area contributed by atoms with Crippen molar-refractivity contribution in [3.05, 3.63) is 18.2 Å². The number of rotatable bonds is 5. The number of nitrogens with two attached hydrogens (primary N) is 1. The molecular weight excluding hydrogens is 220 g/mol. The highest BCUT2D eigenvalue weighted by Crippen LogP contribution is 2.23. The van der Waals surface area contributed by atoms with Gasteiger partial charge in [0.1, 0.15) is 5.82 Å². The minimum Gasteiger partial charge on any atom is -0.380 e. The average molecular weight is 238 g/mol. The van der Waals surface area contributed by atoms with Crippen molar-refractivity contribution in [2.75, 3.05) is 20.2 Å². The van der Waals surface area contributed by atoms with Crippen LogP contribution in [-0.4, -0.2) is 47.1 Å². The number of likely N-dealkylation sites (tertiary alicyclic amines) is 1. The molecule has 17 heavy (non-hydrogen) atoms. The number of primary amides is 1. The number of ether oxygens (including phenoxy) is 1. The van der Waals surface area contributed by atoms with E-state index in [-0.39, 0.29) is 17.9 Å². The number of nitrogens with zero attached hydrogens (tertiary/aromatic N) is 2. The van der Waals surface area contributed by atoms with Crippen molar-refractivity contribution in [1.29, 1.82) is 0 Å². The molecule has 0 saturated carbocycles. The van der Waals surface area contributed by atoms with E-state index < -0.39 is 0 Å². The van der Waals surface area contributed by atoms with Crippen molar-refractivity contribution in [3.63, 3.8) is 0 Å². The van der Waals surface area contributed by atoms with E-state index in [1.165, 1.54) is 0 Å². The first-order valence-corrected chi connectivity index (χ1v) is 5.70. The molecule has 2 heterocycles. The molecule has 1 aliphatic heterocycles. The Labute approximate surface area is 100 Å². The fourth-order valence-corrected chi connectivity index (χ4v) is 2.37. The summed E-state index contributed by atoms with van der Waals surface area (Å²) in [6.45, 7) is 2.39. The molecule has 6 nitrogen and oxygen atoms in total. The molecule has 0 unspecified atom stereocenters. The van der Waals surface area contributed by atoms with Crippen molar-refractivity contribution in [2.24, 2.45) is 11.7 Å². The molecule has 1 aromatic heterocycles. The van der Waals surface area contributed by atoms with Gasteiger partial charge in [-0.15, -0.1) is 0 Å². The van der Waals surface area contributed by atoms with Gasteiger partial charge in [-0.05, 0) is 0 Å². The number of methoxy groups -OCH3 is 1. The van der Waals surface area contributed by atoms with E-state index in [1.807, 2.05) is 0 Å². The summed E-state index contributed by atoms with van der Waals surface area (Å²) in [5.41, 5.74) is 5.24. The van der Waals surface area contributed by atoms with Gasteiger partial charge >= 0.3 is 0 Å². The minimum atomic E-state index is -0.267. The number of carbonyl (C=O) groups is 1. The largest absolute Gasteiger partial charge is 0.380 e. The van der Waals surface area contributed by atoms with Crippen LogP contribution in [0, 0.1) is 5.92 Å². The van der Waals surface area contributed by atoms with E-state index in [0.717, 1.165) is 25.5 Å². The van der Waals surface area contributed by atoms with Gasteiger partial charge in [0.2, 0.25) is 5.91 Å². The third-order valence-corrected chi connectivity index (χ3v) is 3.15. The maximum absolute atomic E-state index is 11.0. The highest BCUT2D eigenvalue weighted by molar-refractivity contribution is 5.74. The molecule has 0 spiro atoms. The molecule has 6 heteroatoms. The van der Waals surface area contributed by atoms with Crippen LogP contribution in [0.1, 0.15) is 12.2 Å². The average Bonchev–Trinajstić information content (AvgIpc) is 2.88. The number of aromatic amines is 1. The lowest BCUT2D eigenvalue weighted by atomic mass is 10.0. The molecule has 1 amide bonds. The first-order chi connectivity index (χ1) is 8.19. The molecule has 2 rings (SSSR count). The lowest BCUT2D eigenvalue weighted by molar-refractivity contribution is -0.119. The number of carbonyl (C=O) groups excluding carboxylic acids is 1. The van der Waals surface area contributed by atoms with Crippen molar-refractivity contribution in [2.45, 2.75) is 19.1 Å². The summed E-state index contributed by atoms with van der Waals surface area (Å²) in [4.78, 5) is 20.4. The second kappa shape index (κ2) is 5.29. The molecule has 3 N–H and O–H groups in total. The van der Waals surface area contributed by atoms with Gasteiger partial charge in [-0.25, -0.2) is 4.98 Å². The van der Waals surface area contributed by atoms with E-state index in [4.69, 9.17) is 10.5 Å². The van der Waals surface area contributed by atoms with Gasteiger partial charge in [-0.1, -0.05) is 0 Å². The molecule has 1 aromatic rings.